The van der Waals surface area contributed by atoms with Gasteiger partial charge in [-0.2, -0.15) is 0 Å². The molecule has 0 atom stereocenters. The number of unbranched alkanes of at least 4 members (excludes halogenated alkanes) is 7. The summed E-state index contributed by atoms with van der Waals surface area (Å²) in [5.41, 5.74) is 0.812. The third kappa shape index (κ3) is 8.18. The average molecular weight is 466 g/mol. The first-order chi connectivity index (χ1) is 15.0. The van der Waals surface area contributed by atoms with Gasteiger partial charge in [0.1, 0.15) is 15.8 Å². The molecule has 1 aromatic rings. The number of thioether (sulfide) groups is 1. The molecule has 0 unspecified atom stereocenters. The highest BCUT2D eigenvalue weighted by atomic mass is 32.2. The Kier molecular flexibility index (Phi) is 10.9. The molecule has 8 heteroatoms. The van der Waals surface area contributed by atoms with Gasteiger partial charge in [-0.05, 0) is 31.1 Å². The maximum absolute atomic E-state index is 12.8. The van der Waals surface area contributed by atoms with E-state index in [4.69, 9.17) is 26.8 Å². The van der Waals surface area contributed by atoms with Crippen LogP contribution >= 0.6 is 24.0 Å². The van der Waals surface area contributed by atoms with E-state index in [-0.39, 0.29) is 12.3 Å². The van der Waals surface area contributed by atoms with Gasteiger partial charge in [0.15, 0.2) is 0 Å². The molecule has 1 saturated heterocycles. The molecule has 0 saturated carbocycles. The number of benzene rings is 1. The first kappa shape index (κ1) is 25.2. The summed E-state index contributed by atoms with van der Waals surface area (Å²) in [5.74, 6) is 0.578. The van der Waals surface area contributed by atoms with Crippen molar-refractivity contribution in [3.63, 3.8) is 0 Å². The van der Waals surface area contributed by atoms with Gasteiger partial charge in [-0.25, -0.2) is 0 Å². The van der Waals surface area contributed by atoms with Crippen molar-refractivity contribution in [1.82, 2.24) is 4.90 Å². The number of carboxylic acids is 1. The number of carboxylic acid groups (broad SMARTS) is 1. The highest BCUT2D eigenvalue weighted by molar-refractivity contribution is 8.26. The van der Waals surface area contributed by atoms with Crippen molar-refractivity contribution in [2.45, 2.75) is 57.8 Å². The van der Waals surface area contributed by atoms with E-state index >= 15 is 0 Å². The van der Waals surface area contributed by atoms with Crippen molar-refractivity contribution >= 4 is 46.3 Å². The van der Waals surface area contributed by atoms with Crippen molar-refractivity contribution in [3.8, 4) is 11.5 Å². The predicted octanol–water partition coefficient (Wildman–Crippen LogP) is 5.50. The van der Waals surface area contributed by atoms with Gasteiger partial charge in [-0.1, -0.05) is 62.5 Å². The number of carbonyl (C=O) groups excluding carboxylic acids is 1. The standard InChI is InChI=1S/C23H31NO5S2/c1-28-18-13-12-17(19(16-18)29-2)15-20-22(27)24(23(30)31-20)14-10-8-6-4-3-5-7-9-11-21(25)26/h12-13,15-16H,3-11,14H2,1-2H3,(H,25,26). The Morgan fingerprint density at radius 1 is 1.06 bits per heavy atom. The Balaban J connectivity index is 1.75. The number of aliphatic carboxylic acids is 1. The summed E-state index contributed by atoms with van der Waals surface area (Å²) < 4.78 is 11.2. The molecule has 1 amide bonds. The molecule has 0 aliphatic carbocycles. The second kappa shape index (κ2) is 13.4. The van der Waals surface area contributed by atoms with Gasteiger partial charge in [-0.15, -0.1) is 0 Å². The number of methoxy groups -OCH3 is 2. The lowest BCUT2D eigenvalue weighted by Gasteiger charge is -2.14. The van der Waals surface area contributed by atoms with E-state index in [9.17, 15) is 9.59 Å². The van der Waals surface area contributed by atoms with Crippen LogP contribution in [0.15, 0.2) is 23.1 Å². The van der Waals surface area contributed by atoms with Crippen LogP contribution < -0.4 is 9.47 Å². The van der Waals surface area contributed by atoms with Gasteiger partial charge in [-0.3, -0.25) is 14.5 Å². The predicted molar refractivity (Wildman–Crippen MR) is 129 cm³/mol. The van der Waals surface area contributed by atoms with Crippen LogP contribution in [0.4, 0.5) is 0 Å². The maximum atomic E-state index is 12.8. The third-order valence-electron chi connectivity index (χ3n) is 5.12. The molecule has 0 bridgehead atoms. The molecule has 1 aliphatic rings. The molecule has 1 heterocycles. The molecular formula is C23H31NO5S2. The molecule has 1 aliphatic heterocycles. The normalized spacial score (nSPS) is 15.0. The molecule has 1 fully saturated rings. The van der Waals surface area contributed by atoms with Gasteiger partial charge < -0.3 is 14.6 Å². The lowest BCUT2D eigenvalue weighted by atomic mass is 10.1. The smallest absolute Gasteiger partial charge is 0.303 e. The monoisotopic (exact) mass is 465 g/mol. The quantitative estimate of drug-likeness (QED) is 0.221. The van der Waals surface area contributed by atoms with Gasteiger partial charge in [0.05, 0.1) is 19.1 Å². The van der Waals surface area contributed by atoms with Gasteiger partial charge in [0.2, 0.25) is 0 Å². The lowest BCUT2D eigenvalue weighted by molar-refractivity contribution is -0.137. The average Bonchev–Trinajstić information content (AvgIpc) is 3.02. The van der Waals surface area contributed by atoms with E-state index in [2.05, 4.69) is 0 Å². The molecule has 1 N–H and O–H groups in total. The van der Waals surface area contributed by atoms with E-state index in [1.54, 1.807) is 25.2 Å². The van der Waals surface area contributed by atoms with E-state index in [0.717, 1.165) is 56.9 Å². The SMILES string of the molecule is COc1ccc(C=C2SC(=S)N(CCCCCCCCCCC(=O)O)C2=O)c(OC)c1. The summed E-state index contributed by atoms with van der Waals surface area (Å²) in [4.78, 5) is 25.6. The van der Waals surface area contributed by atoms with Crippen LogP contribution in [0.1, 0.15) is 63.4 Å². The second-order valence-electron chi connectivity index (χ2n) is 7.41. The van der Waals surface area contributed by atoms with Crippen molar-refractivity contribution in [1.29, 1.82) is 0 Å². The third-order valence-corrected chi connectivity index (χ3v) is 6.50. The summed E-state index contributed by atoms with van der Waals surface area (Å²) in [6, 6.07) is 5.49. The first-order valence-corrected chi connectivity index (χ1v) is 11.9. The molecule has 2 rings (SSSR count). The zero-order valence-corrected chi connectivity index (χ0v) is 19.9. The zero-order valence-electron chi connectivity index (χ0n) is 18.2. The molecule has 6 nitrogen and oxygen atoms in total. The number of thiocarbonyl (C=S) groups is 1. The Hall–Kier alpha value is -2.06. The topological polar surface area (TPSA) is 76.1 Å². The number of ether oxygens (including phenoxy) is 2. The molecule has 31 heavy (non-hydrogen) atoms. The number of carbonyl (C=O) groups is 2. The van der Waals surface area contributed by atoms with E-state index in [1.807, 2.05) is 18.2 Å². The number of hydrogen-bond donors (Lipinski definition) is 1. The number of rotatable bonds is 14. The fourth-order valence-corrected chi connectivity index (χ4v) is 4.68. The van der Waals surface area contributed by atoms with Crippen molar-refractivity contribution < 1.29 is 24.2 Å². The largest absolute Gasteiger partial charge is 0.497 e. The van der Waals surface area contributed by atoms with Crippen LogP contribution in [0.3, 0.4) is 0 Å². The molecule has 0 spiro atoms. The molecule has 170 valence electrons. The Morgan fingerprint density at radius 3 is 2.32 bits per heavy atom. The maximum Gasteiger partial charge on any atom is 0.303 e. The summed E-state index contributed by atoms with van der Waals surface area (Å²) >= 11 is 6.75. The van der Waals surface area contributed by atoms with Crippen molar-refractivity contribution in [2.75, 3.05) is 20.8 Å². The number of nitrogens with zero attached hydrogens (tertiary/aromatic N) is 1. The summed E-state index contributed by atoms with van der Waals surface area (Å²) in [7, 11) is 3.19. The van der Waals surface area contributed by atoms with E-state index in [1.165, 1.54) is 11.8 Å². The van der Waals surface area contributed by atoms with Crippen LogP contribution in [0.5, 0.6) is 11.5 Å². The second-order valence-corrected chi connectivity index (χ2v) is 9.09. The summed E-state index contributed by atoms with van der Waals surface area (Å²) in [6.07, 6.45) is 10.3. The van der Waals surface area contributed by atoms with Crippen molar-refractivity contribution in [2.24, 2.45) is 0 Å². The lowest BCUT2D eigenvalue weighted by Crippen LogP contribution is -2.29. The van der Waals surface area contributed by atoms with E-state index in [0.29, 0.717) is 27.3 Å². The van der Waals surface area contributed by atoms with Gasteiger partial charge in [0, 0.05) is 24.6 Å². The highest BCUT2D eigenvalue weighted by Gasteiger charge is 2.31. The van der Waals surface area contributed by atoms with Crippen LogP contribution in [-0.2, 0) is 9.59 Å². The molecule has 1 aromatic carbocycles. The fourth-order valence-electron chi connectivity index (χ4n) is 3.38. The number of amides is 1. The van der Waals surface area contributed by atoms with Gasteiger partial charge >= 0.3 is 5.97 Å². The van der Waals surface area contributed by atoms with Crippen LogP contribution in [0.2, 0.25) is 0 Å². The van der Waals surface area contributed by atoms with E-state index < -0.39 is 5.97 Å². The first-order valence-electron chi connectivity index (χ1n) is 10.7. The Bertz CT molecular complexity index is 809. The van der Waals surface area contributed by atoms with Crippen molar-refractivity contribution in [3.05, 3.63) is 28.7 Å². The molecular weight excluding hydrogens is 434 g/mol. The minimum absolute atomic E-state index is 0.0497. The van der Waals surface area contributed by atoms with Crippen LogP contribution in [0.25, 0.3) is 6.08 Å². The molecule has 0 aromatic heterocycles. The minimum atomic E-state index is -0.714. The summed E-state index contributed by atoms with van der Waals surface area (Å²) in [5, 5.41) is 8.62. The minimum Gasteiger partial charge on any atom is -0.497 e. The zero-order chi connectivity index (χ0) is 22.6. The Morgan fingerprint density at radius 2 is 1.71 bits per heavy atom. The van der Waals surface area contributed by atoms with Crippen LogP contribution in [0, 0.1) is 0 Å². The number of hydrogen-bond acceptors (Lipinski definition) is 6. The fraction of sp³-hybridized carbons (Fsp3) is 0.522. The summed E-state index contributed by atoms with van der Waals surface area (Å²) in [6.45, 7) is 0.639. The van der Waals surface area contributed by atoms with Gasteiger partial charge in [0.25, 0.3) is 5.91 Å². The highest BCUT2D eigenvalue weighted by Crippen LogP contribution is 2.35. The van der Waals surface area contributed by atoms with Crippen LogP contribution in [-0.4, -0.2) is 47.0 Å². The Labute approximate surface area is 194 Å². The molecule has 0 radical (unpaired) electrons.